The molecule has 1 amide bonds. The minimum absolute atomic E-state index is 0.0379. The quantitative estimate of drug-likeness (QED) is 0.842. The fourth-order valence-corrected chi connectivity index (χ4v) is 1.73. The fraction of sp³-hybridized carbons (Fsp3) is 0.533. The largest absolute Gasteiger partial charge is 0.435 e. The molecule has 0 aliphatic carbocycles. The number of alkyl halides is 2. The van der Waals surface area contributed by atoms with Crippen molar-refractivity contribution in [1.82, 2.24) is 4.90 Å². The third-order valence-electron chi connectivity index (χ3n) is 3.26. The van der Waals surface area contributed by atoms with E-state index in [4.69, 9.17) is 5.73 Å². The first-order valence-electron chi connectivity index (χ1n) is 6.83. The van der Waals surface area contributed by atoms with Gasteiger partial charge in [-0.1, -0.05) is 26.0 Å². The van der Waals surface area contributed by atoms with Gasteiger partial charge in [0.1, 0.15) is 5.75 Å². The van der Waals surface area contributed by atoms with Crippen molar-refractivity contribution in [2.45, 2.75) is 39.5 Å². The highest BCUT2D eigenvalue weighted by Gasteiger charge is 2.16. The van der Waals surface area contributed by atoms with Gasteiger partial charge in [0.05, 0.1) is 0 Å². The number of amides is 1. The number of ether oxygens (including phenoxy) is 1. The maximum Gasteiger partial charge on any atom is 0.387 e. The van der Waals surface area contributed by atoms with Crippen molar-refractivity contribution in [3.8, 4) is 5.75 Å². The van der Waals surface area contributed by atoms with E-state index in [9.17, 15) is 13.6 Å². The van der Waals surface area contributed by atoms with Crippen LogP contribution in [0.1, 0.15) is 25.8 Å². The number of carbonyl (C=O) groups is 1. The van der Waals surface area contributed by atoms with Crippen molar-refractivity contribution in [3.63, 3.8) is 0 Å². The van der Waals surface area contributed by atoms with Crippen molar-refractivity contribution in [1.29, 1.82) is 0 Å². The van der Waals surface area contributed by atoms with Gasteiger partial charge in [0, 0.05) is 26.1 Å². The Morgan fingerprint density at radius 3 is 2.33 bits per heavy atom. The molecule has 21 heavy (non-hydrogen) atoms. The first kappa shape index (κ1) is 17.4. The van der Waals surface area contributed by atoms with E-state index in [0.717, 1.165) is 5.56 Å². The van der Waals surface area contributed by atoms with E-state index in [1.807, 2.05) is 13.8 Å². The van der Waals surface area contributed by atoms with Crippen LogP contribution in [0.2, 0.25) is 0 Å². The molecule has 118 valence electrons. The topological polar surface area (TPSA) is 55.6 Å². The second kappa shape index (κ2) is 7.93. The third kappa shape index (κ3) is 6.08. The molecule has 0 aromatic heterocycles. The molecule has 0 aliphatic heterocycles. The van der Waals surface area contributed by atoms with E-state index < -0.39 is 6.61 Å². The minimum Gasteiger partial charge on any atom is -0.435 e. The second-order valence-electron chi connectivity index (χ2n) is 5.38. The zero-order valence-electron chi connectivity index (χ0n) is 12.6. The maximum atomic E-state index is 12.0. The van der Waals surface area contributed by atoms with Crippen LogP contribution in [-0.2, 0) is 11.3 Å². The SMILES string of the molecule is CC(C)C(N)CC(=O)N(C)Cc1ccc(OC(F)F)cc1. The van der Waals surface area contributed by atoms with Crippen LogP contribution in [0.4, 0.5) is 8.78 Å². The summed E-state index contributed by atoms with van der Waals surface area (Å²) in [6, 6.07) is 6.06. The van der Waals surface area contributed by atoms with Gasteiger partial charge in [-0.25, -0.2) is 0 Å². The average molecular weight is 300 g/mol. The summed E-state index contributed by atoms with van der Waals surface area (Å²) in [7, 11) is 1.69. The van der Waals surface area contributed by atoms with Crippen molar-refractivity contribution in [2.24, 2.45) is 11.7 Å². The summed E-state index contributed by atoms with van der Waals surface area (Å²) in [5, 5.41) is 0. The minimum atomic E-state index is -2.84. The van der Waals surface area contributed by atoms with Crippen LogP contribution >= 0.6 is 0 Å². The predicted octanol–water partition coefficient (Wildman–Crippen LogP) is 2.62. The molecular formula is C15H22F2N2O2. The molecule has 0 saturated carbocycles. The molecule has 0 fully saturated rings. The lowest BCUT2D eigenvalue weighted by Crippen LogP contribution is -2.35. The monoisotopic (exact) mass is 300 g/mol. The van der Waals surface area contributed by atoms with E-state index in [2.05, 4.69) is 4.74 Å². The fourth-order valence-electron chi connectivity index (χ4n) is 1.73. The van der Waals surface area contributed by atoms with Crippen LogP contribution < -0.4 is 10.5 Å². The summed E-state index contributed by atoms with van der Waals surface area (Å²) >= 11 is 0. The van der Waals surface area contributed by atoms with Gasteiger partial charge < -0.3 is 15.4 Å². The van der Waals surface area contributed by atoms with E-state index in [1.54, 1.807) is 24.1 Å². The van der Waals surface area contributed by atoms with Crippen molar-refractivity contribution in [3.05, 3.63) is 29.8 Å². The lowest BCUT2D eigenvalue weighted by Gasteiger charge is -2.21. The molecule has 6 heteroatoms. The third-order valence-corrected chi connectivity index (χ3v) is 3.26. The molecule has 1 aromatic rings. The predicted molar refractivity (Wildman–Crippen MR) is 77.0 cm³/mol. The number of halogens is 2. The summed E-state index contributed by atoms with van der Waals surface area (Å²) in [4.78, 5) is 13.6. The van der Waals surface area contributed by atoms with Crippen molar-refractivity contribution >= 4 is 5.91 Å². The molecule has 0 bridgehead atoms. The lowest BCUT2D eigenvalue weighted by atomic mass is 10.0. The number of rotatable bonds is 7. The molecule has 0 saturated heterocycles. The number of benzene rings is 1. The number of hydrogen-bond acceptors (Lipinski definition) is 3. The molecule has 0 radical (unpaired) electrons. The summed E-state index contributed by atoms with van der Waals surface area (Å²) in [5.74, 6) is 0.307. The van der Waals surface area contributed by atoms with Crippen molar-refractivity contribution < 1.29 is 18.3 Å². The first-order valence-corrected chi connectivity index (χ1v) is 6.83. The number of carbonyl (C=O) groups excluding carboxylic acids is 1. The van der Waals surface area contributed by atoms with Crippen LogP contribution in [-0.4, -0.2) is 30.5 Å². The highest BCUT2D eigenvalue weighted by Crippen LogP contribution is 2.16. The van der Waals surface area contributed by atoms with Crippen LogP contribution in [0, 0.1) is 5.92 Å². The molecule has 1 rings (SSSR count). The highest BCUT2D eigenvalue weighted by atomic mass is 19.3. The van der Waals surface area contributed by atoms with Gasteiger partial charge in [-0.05, 0) is 23.6 Å². The molecule has 2 N–H and O–H groups in total. The Kier molecular flexibility index (Phi) is 6.55. The first-order chi connectivity index (χ1) is 9.79. The molecule has 1 aromatic carbocycles. The lowest BCUT2D eigenvalue weighted by molar-refractivity contribution is -0.131. The molecule has 1 unspecified atom stereocenters. The van der Waals surface area contributed by atoms with Gasteiger partial charge >= 0.3 is 6.61 Å². The van der Waals surface area contributed by atoms with Crippen LogP contribution in [0.25, 0.3) is 0 Å². The summed E-state index contributed by atoms with van der Waals surface area (Å²) in [6.45, 7) is 1.51. The summed E-state index contributed by atoms with van der Waals surface area (Å²) < 4.78 is 28.3. The van der Waals surface area contributed by atoms with Gasteiger partial charge in [-0.15, -0.1) is 0 Å². The highest BCUT2D eigenvalue weighted by molar-refractivity contribution is 5.76. The van der Waals surface area contributed by atoms with Gasteiger partial charge in [-0.2, -0.15) is 8.78 Å². The van der Waals surface area contributed by atoms with Crippen molar-refractivity contribution in [2.75, 3.05) is 7.05 Å². The van der Waals surface area contributed by atoms with E-state index in [1.165, 1.54) is 12.1 Å². The van der Waals surface area contributed by atoms with Gasteiger partial charge in [0.2, 0.25) is 5.91 Å². The normalized spacial score (nSPS) is 12.6. The Balaban J connectivity index is 2.54. The Bertz CT molecular complexity index is 449. The second-order valence-corrected chi connectivity index (χ2v) is 5.38. The number of nitrogens with zero attached hydrogens (tertiary/aromatic N) is 1. The summed E-state index contributed by atoms with van der Waals surface area (Å²) in [5.41, 5.74) is 6.72. The molecule has 0 spiro atoms. The molecule has 1 atom stereocenters. The van der Waals surface area contributed by atoms with Gasteiger partial charge in [-0.3, -0.25) is 4.79 Å². The number of hydrogen-bond donors (Lipinski definition) is 1. The van der Waals surface area contributed by atoms with Crippen LogP contribution in [0.3, 0.4) is 0 Å². The van der Waals surface area contributed by atoms with Gasteiger partial charge in [0.15, 0.2) is 0 Å². The maximum absolute atomic E-state index is 12.0. The Labute approximate surface area is 123 Å². The van der Waals surface area contributed by atoms with Gasteiger partial charge in [0.25, 0.3) is 0 Å². The van der Waals surface area contributed by atoms with E-state index >= 15 is 0 Å². The zero-order chi connectivity index (χ0) is 16.0. The molecule has 0 heterocycles. The van der Waals surface area contributed by atoms with E-state index in [-0.39, 0.29) is 23.6 Å². The Morgan fingerprint density at radius 1 is 1.29 bits per heavy atom. The summed E-state index contributed by atoms with van der Waals surface area (Å²) in [6.07, 6.45) is 0.292. The zero-order valence-corrected chi connectivity index (χ0v) is 12.6. The smallest absolute Gasteiger partial charge is 0.387 e. The molecule has 4 nitrogen and oxygen atoms in total. The standard InChI is InChI=1S/C15H22F2N2O2/c1-10(2)13(18)8-14(20)19(3)9-11-4-6-12(7-5-11)21-15(16)17/h4-7,10,13,15H,8-9,18H2,1-3H3. The number of nitrogens with two attached hydrogens (primary N) is 1. The van der Waals surface area contributed by atoms with Crippen LogP contribution in [0.5, 0.6) is 5.75 Å². The Morgan fingerprint density at radius 2 is 1.86 bits per heavy atom. The Hall–Kier alpha value is -1.69. The average Bonchev–Trinajstić information content (AvgIpc) is 2.40. The van der Waals surface area contributed by atoms with Crippen LogP contribution in [0.15, 0.2) is 24.3 Å². The molecule has 0 aliphatic rings. The molecular weight excluding hydrogens is 278 g/mol. The van der Waals surface area contributed by atoms with E-state index in [0.29, 0.717) is 13.0 Å².